The minimum Gasteiger partial charge on any atom is -0.326 e. The molecule has 112 valence electrons. The van der Waals surface area contributed by atoms with E-state index in [1.807, 2.05) is 37.3 Å². The van der Waals surface area contributed by atoms with E-state index in [-0.39, 0.29) is 12.0 Å². The smallest absolute Gasteiger partial charge is 0.250 e. The Labute approximate surface area is 129 Å². The molecular weight excluding hydrogens is 304 g/mol. The van der Waals surface area contributed by atoms with Crippen molar-refractivity contribution in [2.24, 2.45) is 5.73 Å². The van der Waals surface area contributed by atoms with Gasteiger partial charge < -0.3 is 5.73 Å². The van der Waals surface area contributed by atoms with Gasteiger partial charge in [0, 0.05) is 23.4 Å². The second-order valence-corrected chi connectivity index (χ2v) is 8.43. The highest BCUT2D eigenvalue weighted by atomic mass is 32.2. The molecule has 6 heteroatoms. The summed E-state index contributed by atoms with van der Waals surface area (Å²) in [7, 11) is -3.44. The van der Waals surface area contributed by atoms with E-state index < -0.39 is 10.0 Å². The van der Waals surface area contributed by atoms with Crippen molar-refractivity contribution in [3.05, 3.63) is 52.4 Å². The molecule has 1 aromatic carbocycles. The summed E-state index contributed by atoms with van der Waals surface area (Å²) in [5.41, 5.74) is 7.75. The number of nitrogens with one attached hydrogen (secondary N) is 1. The highest BCUT2D eigenvalue weighted by Crippen LogP contribution is 2.41. The Hall–Kier alpha value is -1.21. The van der Waals surface area contributed by atoms with Gasteiger partial charge in [-0.1, -0.05) is 30.3 Å². The van der Waals surface area contributed by atoms with Crippen molar-refractivity contribution in [3.8, 4) is 0 Å². The molecule has 0 amide bonds. The predicted molar refractivity (Wildman–Crippen MR) is 84.9 cm³/mol. The first-order valence-corrected chi connectivity index (χ1v) is 9.18. The fourth-order valence-corrected chi connectivity index (χ4v) is 5.25. The Kier molecular flexibility index (Phi) is 3.88. The molecule has 2 atom stereocenters. The Morgan fingerprint density at radius 1 is 1.33 bits per heavy atom. The molecule has 1 aromatic heterocycles. The SMILES string of the molecule is Cc1cc(S(=O)(=O)NC2CC2c2ccccc2)sc1CN. The minimum absolute atomic E-state index is 0.00105. The number of sulfonamides is 1. The minimum atomic E-state index is -3.44. The maximum Gasteiger partial charge on any atom is 0.250 e. The lowest BCUT2D eigenvalue weighted by molar-refractivity contribution is 0.582. The van der Waals surface area contributed by atoms with Gasteiger partial charge in [0.1, 0.15) is 4.21 Å². The zero-order valence-corrected chi connectivity index (χ0v) is 13.4. The van der Waals surface area contributed by atoms with E-state index in [1.165, 1.54) is 16.9 Å². The molecule has 21 heavy (non-hydrogen) atoms. The summed E-state index contributed by atoms with van der Waals surface area (Å²) >= 11 is 1.26. The van der Waals surface area contributed by atoms with E-state index in [0.29, 0.717) is 10.8 Å². The number of thiophene rings is 1. The van der Waals surface area contributed by atoms with Crippen molar-refractivity contribution in [2.45, 2.75) is 36.1 Å². The molecule has 0 aliphatic heterocycles. The number of hydrogen-bond donors (Lipinski definition) is 2. The van der Waals surface area contributed by atoms with Crippen molar-refractivity contribution in [1.29, 1.82) is 0 Å². The molecule has 2 unspecified atom stereocenters. The summed E-state index contributed by atoms with van der Waals surface area (Å²) in [6, 6.07) is 11.7. The molecule has 4 nitrogen and oxygen atoms in total. The van der Waals surface area contributed by atoms with E-state index >= 15 is 0 Å². The van der Waals surface area contributed by atoms with Crippen LogP contribution in [0.1, 0.15) is 28.3 Å². The molecule has 0 bridgehead atoms. The third kappa shape index (κ3) is 3.03. The molecule has 0 spiro atoms. The third-order valence-corrected chi connectivity index (χ3v) is 7.00. The Morgan fingerprint density at radius 2 is 2.05 bits per heavy atom. The molecule has 3 rings (SSSR count). The lowest BCUT2D eigenvalue weighted by atomic mass is 10.1. The van der Waals surface area contributed by atoms with Crippen molar-refractivity contribution >= 4 is 21.4 Å². The lowest BCUT2D eigenvalue weighted by Gasteiger charge is -2.04. The van der Waals surface area contributed by atoms with Gasteiger partial charge in [0.05, 0.1) is 0 Å². The van der Waals surface area contributed by atoms with E-state index in [0.717, 1.165) is 16.9 Å². The quantitative estimate of drug-likeness (QED) is 0.887. The molecule has 1 heterocycles. The maximum absolute atomic E-state index is 12.4. The number of benzene rings is 1. The van der Waals surface area contributed by atoms with Crippen LogP contribution >= 0.6 is 11.3 Å². The van der Waals surface area contributed by atoms with Crippen LogP contribution in [0.2, 0.25) is 0 Å². The first-order chi connectivity index (χ1) is 10.0. The molecule has 0 saturated heterocycles. The summed E-state index contributed by atoms with van der Waals surface area (Å²) in [4.78, 5) is 0.922. The van der Waals surface area contributed by atoms with E-state index in [2.05, 4.69) is 4.72 Å². The van der Waals surface area contributed by atoms with Gasteiger partial charge in [-0.05, 0) is 30.5 Å². The fourth-order valence-electron chi connectivity index (χ4n) is 2.47. The summed E-state index contributed by atoms with van der Waals surface area (Å²) < 4.78 is 28.0. The molecule has 1 fully saturated rings. The van der Waals surface area contributed by atoms with Crippen LogP contribution in [0.25, 0.3) is 0 Å². The largest absolute Gasteiger partial charge is 0.326 e. The van der Waals surface area contributed by atoms with Crippen molar-refractivity contribution < 1.29 is 8.42 Å². The number of aryl methyl sites for hydroxylation is 1. The van der Waals surface area contributed by atoms with Crippen LogP contribution in [0, 0.1) is 6.92 Å². The molecule has 0 radical (unpaired) electrons. The van der Waals surface area contributed by atoms with Crippen LogP contribution in [0.5, 0.6) is 0 Å². The van der Waals surface area contributed by atoms with Gasteiger partial charge in [-0.25, -0.2) is 13.1 Å². The zero-order chi connectivity index (χ0) is 15.0. The third-order valence-electron chi connectivity index (χ3n) is 3.77. The molecule has 1 aliphatic rings. The molecule has 2 aromatic rings. The van der Waals surface area contributed by atoms with Crippen LogP contribution in [-0.4, -0.2) is 14.5 Å². The van der Waals surface area contributed by atoms with Gasteiger partial charge >= 0.3 is 0 Å². The van der Waals surface area contributed by atoms with Crippen molar-refractivity contribution in [3.63, 3.8) is 0 Å². The molecule has 3 N–H and O–H groups in total. The van der Waals surface area contributed by atoms with Gasteiger partial charge in [0.25, 0.3) is 0 Å². The highest BCUT2D eigenvalue weighted by Gasteiger charge is 2.41. The number of hydrogen-bond acceptors (Lipinski definition) is 4. The average molecular weight is 322 g/mol. The summed E-state index contributed by atoms with van der Waals surface area (Å²) in [6.45, 7) is 2.27. The molecular formula is C15H18N2O2S2. The fraction of sp³-hybridized carbons (Fsp3) is 0.333. The summed E-state index contributed by atoms with van der Waals surface area (Å²) in [5.74, 6) is 0.288. The van der Waals surface area contributed by atoms with Gasteiger partial charge in [-0.15, -0.1) is 11.3 Å². The van der Waals surface area contributed by atoms with Crippen LogP contribution in [0.15, 0.2) is 40.6 Å². The van der Waals surface area contributed by atoms with Crippen molar-refractivity contribution in [2.75, 3.05) is 0 Å². The second kappa shape index (κ2) is 5.53. The monoisotopic (exact) mass is 322 g/mol. The Balaban J connectivity index is 1.73. The second-order valence-electron chi connectivity index (χ2n) is 5.36. The van der Waals surface area contributed by atoms with Gasteiger partial charge in [-0.3, -0.25) is 0 Å². The van der Waals surface area contributed by atoms with Crippen LogP contribution in [0.3, 0.4) is 0 Å². The lowest BCUT2D eigenvalue weighted by Crippen LogP contribution is -2.26. The van der Waals surface area contributed by atoms with Gasteiger partial charge in [-0.2, -0.15) is 0 Å². The topological polar surface area (TPSA) is 72.2 Å². The van der Waals surface area contributed by atoms with E-state index in [9.17, 15) is 8.42 Å². The zero-order valence-electron chi connectivity index (χ0n) is 11.7. The standard InChI is InChI=1S/C15H18N2O2S2/c1-10-7-15(20-14(10)9-16)21(18,19)17-13-8-12(13)11-5-3-2-4-6-11/h2-7,12-13,17H,8-9,16H2,1H3. The average Bonchev–Trinajstić information content (AvgIpc) is 3.10. The predicted octanol–water partition coefficient (Wildman–Crippen LogP) is 2.35. The van der Waals surface area contributed by atoms with E-state index in [4.69, 9.17) is 5.73 Å². The van der Waals surface area contributed by atoms with E-state index in [1.54, 1.807) is 6.07 Å². The van der Waals surface area contributed by atoms with Crippen LogP contribution in [0.4, 0.5) is 0 Å². The van der Waals surface area contributed by atoms with Crippen molar-refractivity contribution in [1.82, 2.24) is 4.72 Å². The Morgan fingerprint density at radius 3 is 2.67 bits per heavy atom. The first-order valence-electron chi connectivity index (χ1n) is 6.88. The van der Waals surface area contributed by atoms with Gasteiger partial charge in [0.2, 0.25) is 10.0 Å². The molecule has 1 saturated carbocycles. The maximum atomic E-state index is 12.4. The van der Waals surface area contributed by atoms with Gasteiger partial charge in [0.15, 0.2) is 0 Å². The number of nitrogens with two attached hydrogens (primary N) is 1. The normalized spacial score (nSPS) is 21.4. The molecule has 1 aliphatic carbocycles. The summed E-state index contributed by atoms with van der Waals surface area (Å²) in [5, 5.41) is 0. The summed E-state index contributed by atoms with van der Waals surface area (Å²) in [6.07, 6.45) is 0.858. The Bertz CT molecular complexity index is 738. The van der Waals surface area contributed by atoms with Crippen LogP contribution < -0.4 is 10.5 Å². The number of rotatable bonds is 5. The highest BCUT2D eigenvalue weighted by molar-refractivity contribution is 7.91. The van der Waals surface area contributed by atoms with Crippen LogP contribution in [-0.2, 0) is 16.6 Å². The first kappa shape index (κ1) is 14.7.